The molecule has 3 rings (SSSR count). The van der Waals surface area contributed by atoms with Crippen molar-refractivity contribution in [2.45, 2.75) is 13.3 Å². The first kappa shape index (κ1) is 13.4. The smallest absolute Gasteiger partial charge is 0.157 e. The molecule has 5 nitrogen and oxygen atoms in total. The van der Waals surface area contributed by atoms with Gasteiger partial charge < -0.3 is 10.1 Å². The van der Waals surface area contributed by atoms with E-state index in [1.54, 1.807) is 13.4 Å². The largest absolute Gasteiger partial charge is 0.497 e. The maximum atomic E-state index is 5.16. The number of ether oxygens (including phenoxy) is 1. The summed E-state index contributed by atoms with van der Waals surface area (Å²) in [6.07, 6.45) is 2.51. The zero-order valence-electron chi connectivity index (χ0n) is 12.2. The number of anilines is 1. The number of rotatable bonds is 5. The van der Waals surface area contributed by atoms with Crippen molar-refractivity contribution in [3.05, 3.63) is 53.9 Å². The molecular weight excluding hydrogens is 264 g/mol. The second-order valence-electron chi connectivity index (χ2n) is 4.97. The minimum atomic E-state index is 0.838. The molecule has 0 spiro atoms. The molecule has 0 fully saturated rings. The lowest BCUT2D eigenvalue weighted by Crippen LogP contribution is -2.09. The van der Waals surface area contributed by atoms with Gasteiger partial charge in [-0.05, 0) is 48.7 Å². The highest BCUT2D eigenvalue weighted by molar-refractivity contribution is 5.51. The van der Waals surface area contributed by atoms with E-state index in [0.29, 0.717) is 0 Å². The summed E-state index contributed by atoms with van der Waals surface area (Å²) < 4.78 is 6.98. The summed E-state index contributed by atoms with van der Waals surface area (Å²) in [5, 5.41) is 7.66. The van der Waals surface area contributed by atoms with E-state index in [1.165, 1.54) is 11.1 Å². The van der Waals surface area contributed by atoms with E-state index in [2.05, 4.69) is 40.5 Å². The Morgan fingerprint density at radius 2 is 2.00 bits per heavy atom. The Kier molecular flexibility index (Phi) is 3.73. The van der Waals surface area contributed by atoms with Crippen molar-refractivity contribution in [3.8, 4) is 5.75 Å². The average Bonchev–Trinajstić information content (AvgIpc) is 2.96. The molecule has 0 saturated heterocycles. The average molecular weight is 282 g/mol. The van der Waals surface area contributed by atoms with Crippen LogP contribution in [0.5, 0.6) is 5.75 Å². The monoisotopic (exact) mass is 282 g/mol. The summed E-state index contributed by atoms with van der Waals surface area (Å²) in [6.45, 7) is 2.90. The van der Waals surface area contributed by atoms with E-state index < -0.39 is 0 Å². The van der Waals surface area contributed by atoms with E-state index in [-0.39, 0.29) is 0 Å². The lowest BCUT2D eigenvalue weighted by molar-refractivity contribution is 0.414. The van der Waals surface area contributed by atoms with Crippen LogP contribution in [-0.2, 0) is 6.42 Å². The second-order valence-corrected chi connectivity index (χ2v) is 4.97. The standard InChI is InChI=1S/C16H18N4O/c1-12-9-15(20-16(10-12)18-11-19-20)17-8-7-13-3-5-14(21-2)6-4-13/h3-6,9-11,17H,7-8H2,1-2H3. The maximum absolute atomic E-state index is 5.16. The van der Waals surface area contributed by atoms with Gasteiger partial charge in [0.1, 0.15) is 17.9 Å². The number of nitrogens with zero attached hydrogens (tertiary/aromatic N) is 3. The Balaban J connectivity index is 1.67. The highest BCUT2D eigenvalue weighted by atomic mass is 16.5. The summed E-state index contributed by atoms with van der Waals surface area (Å²) in [7, 11) is 1.68. The number of pyridine rings is 1. The molecule has 2 heterocycles. The molecule has 0 aliphatic rings. The number of aryl methyl sites for hydroxylation is 1. The van der Waals surface area contributed by atoms with Crippen LogP contribution in [0.4, 0.5) is 5.82 Å². The predicted octanol–water partition coefficient (Wildman–Crippen LogP) is 2.70. The Morgan fingerprint density at radius 1 is 1.19 bits per heavy atom. The first-order valence-corrected chi connectivity index (χ1v) is 6.93. The minimum Gasteiger partial charge on any atom is -0.497 e. The molecule has 0 radical (unpaired) electrons. The molecule has 0 aliphatic carbocycles. The first-order chi connectivity index (χ1) is 10.3. The van der Waals surface area contributed by atoms with E-state index in [4.69, 9.17) is 4.74 Å². The van der Waals surface area contributed by atoms with Crippen LogP contribution in [0.15, 0.2) is 42.7 Å². The van der Waals surface area contributed by atoms with Gasteiger partial charge >= 0.3 is 0 Å². The number of hydrogen-bond donors (Lipinski definition) is 1. The minimum absolute atomic E-state index is 0.838. The third-order valence-corrected chi connectivity index (χ3v) is 3.40. The predicted molar refractivity (Wildman–Crippen MR) is 82.9 cm³/mol. The van der Waals surface area contributed by atoms with Crippen molar-refractivity contribution in [2.75, 3.05) is 19.0 Å². The van der Waals surface area contributed by atoms with Crippen molar-refractivity contribution in [3.63, 3.8) is 0 Å². The van der Waals surface area contributed by atoms with Gasteiger partial charge in [-0.25, -0.2) is 4.98 Å². The van der Waals surface area contributed by atoms with E-state index in [9.17, 15) is 0 Å². The van der Waals surface area contributed by atoms with Crippen LogP contribution in [0.1, 0.15) is 11.1 Å². The molecule has 2 aromatic heterocycles. The topological polar surface area (TPSA) is 51.5 Å². The van der Waals surface area contributed by atoms with Crippen molar-refractivity contribution < 1.29 is 4.74 Å². The quantitative estimate of drug-likeness (QED) is 0.781. The van der Waals surface area contributed by atoms with Crippen LogP contribution < -0.4 is 10.1 Å². The van der Waals surface area contributed by atoms with E-state index in [0.717, 1.165) is 30.2 Å². The van der Waals surface area contributed by atoms with Crippen LogP contribution in [0.2, 0.25) is 0 Å². The fourth-order valence-electron chi connectivity index (χ4n) is 2.31. The second kappa shape index (κ2) is 5.83. The van der Waals surface area contributed by atoms with Gasteiger partial charge in [0.15, 0.2) is 5.65 Å². The van der Waals surface area contributed by atoms with Crippen molar-refractivity contribution in [1.29, 1.82) is 0 Å². The number of hydrogen-bond acceptors (Lipinski definition) is 4. The van der Waals surface area contributed by atoms with Crippen molar-refractivity contribution >= 4 is 11.5 Å². The number of aromatic nitrogens is 3. The molecule has 0 aliphatic heterocycles. The van der Waals surface area contributed by atoms with Gasteiger partial charge in [0.25, 0.3) is 0 Å². The van der Waals surface area contributed by atoms with E-state index >= 15 is 0 Å². The van der Waals surface area contributed by atoms with Gasteiger partial charge in [-0.2, -0.15) is 9.61 Å². The molecule has 3 aromatic rings. The SMILES string of the molecule is COc1ccc(CCNc2cc(C)cc3ncnn23)cc1. The zero-order valence-corrected chi connectivity index (χ0v) is 12.2. The fourth-order valence-corrected chi connectivity index (χ4v) is 2.31. The van der Waals surface area contributed by atoms with E-state index in [1.807, 2.05) is 22.7 Å². The Labute approximate surface area is 123 Å². The third kappa shape index (κ3) is 2.97. The molecule has 0 unspecified atom stereocenters. The number of nitrogens with one attached hydrogen (secondary N) is 1. The number of fused-ring (bicyclic) bond motifs is 1. The molecular formula is C16H18N4O. The normalized spacial score (nSPS) is 10.8. The van der Waals surface area contributed by atoms with Crippen LogP contribution in [0, 0.1) is 6.92 Å². The summed E-state index contributed by atoms with van der Waals surface area (Å²) in [5.41, 5.74) is 3.30. The molecule has 5 heteroatoms. The van der Waals surface area contributed by atoms with Crippen LogP contribution in [-0.4, -0.2) is 28.3 Å². The molecule has 0 amide bonds. The van der Waals surface area contributed by atoms with Gasteiger partial charge in [0.05, 0.1) is 7.11 Å². The lowest BCUT2D eigenvalue weighted by Gasteiger charge is -2.09. The molecule has 108 valence electrons. The van der Waals surface area contributed by atoms with Crippen molar-refractivity contribution in [1.82, 2.24) is 14.6 Å². The molecule has 21 heavy (non-hydrogen) atoms. The summed E-state index contributed by atoms with van der Waals surface area (Å²) in [6, 6.07) is 12.2. The van der Waals surface area contributed by atoms with Gasteiger partial charge in [0.2, 0.25) is 0 Å². The van der Waals surface area contributed by atoms with Crippen molar-refractivity contribution in [2.24, 2.45) is 0 Å². The van der Waals surface area contributed by atoms with Gasteiger partial charge in [-0.3, -0.25) is 0 Å². The van der Waals surface area contributed by atoms with Gasteiger partial charge in [-0.1, -0.05) is 12.1 Å². The highest BCUT2D eigenvalue weighted by Crippen LogP contribution is 2.14. The molecule has 0 atom stereocenters. The van der Waals surface area contributed by atoms with Crippen LogP contribution in [0.3, 0.4) is 0 Å². The molecule has 1 aromatic carbocycles. The first-order valence-electron chi connectivity index (χ1n) is 6.93. The molecule has 1 N–H and O–H groups in total. The van der Waals surface area contributed by atoms with Crippen LogP contribution in [0.25, 0.3) is 5.65 Å². The van der Waals surface area contributed by atoms with Crippen LogP contribution >= 0.6 is 0 Å². The zero-order chi connectivity index (χ0) is 14.7. The maximum Gasteiger partial charge on any atom is 0.157 e. The summed E-state index contributed by atoms with van der Waals surface area (Å²) >= 11 is 0. The highest BCUT2D eigenvalue weighted by Gasteiger charge is 2.03. The van der Waals surface area contributed by atoms with Gasteiger partial charge in [0, 0.05) is 6.54 Å². The summed E-state index contributed by atoms with van der Waals surface area (Å²) in [5.74, 6) is 1.85. The summed E-state index contributed by atoms with van der Waals surface area (Å²) in [4.78, 5) is 4.22. The Hall–Kier alpha value is -2.56. The van der Waals surface area contributed by atoms with Gasteiger partial charge in [-0.15, -0.1) is 0 Å². The third-order valence-electron chi connectivity index (χ3n) is 3.40. The Bertz CT molecular complexity index is 734. The molecule has 0 saturated carbocycles. The fraction of sp³-hybridized carbons (Fsp3) is 0.250. The number of benzene rings is 1. The number of methoxy groups -OCH3 is 1. The molecule has 0 bridgehead atoms. The lowest BCUT2D eigenvalue weighted by atomic mass is 10.1. The Morgan fingerprint density at radius 3 is 2.76 bits per heavy atom.